The van der Waals surface area contributed by atoms with Crippen LogP contribution in [0.5, 0.6) is 17.2 Å². The van der Waals surface area contributed by atoms with E-state index in [1.165, 1.54) is 11.8 Å². The summed E-state index contributed by atoms with van der Waals surface area (Å²) < 4.78 is 23.5. The third-order valence-electron chi connectivity index (χ3n) is 5.23. The summed E-state index contributed by atoms with van der Waals surface area (Å²) in [4.78, 5) is 4.54. The number of aromatic nitrogens is 5. The molecule has 34 heavy (non-hydrogen) atoms. The topological polar surface area (TPSA) is 97.3 Å². The molecule has 0 spiro atoms. The molecular weight excluding hydrogens is 454 g/mol. The summed E-state index contributed by atoms with van der Waals surface area (Å²) in [7, 11) is 4.84. The zero-order valence-electron chi connectivity index (χ0n) is 19.6. The van der Waals surface area contributed by atoms with Crippen molar-refractivity contribution in [3.8, 4) is 40.0 Å². The van der Waals surface area contributed by atoms with Crippen LogP contribution in [0.4, 0.5) is 0 Å². The van der Waals surface area contributed by atoms with Crippen LogP contribution in [0.25, 0.3) is 22.8 Å². The number of methoxy groups -OCH3 is 3. The molecule has 0 amide bonds. The highest BCUT2D eigenvalue weighted by Gasteiger charge is 2.17. The average molecular weight is 482 g/mol. The summed E-state index contributed by atoms with van der Waals surface area (Å²) in [5.41, 5.74) is 1.77. The molecule has 0 saturated carbocycles. The Labute approximate surface area is 202 Å². The van der Waals surface area contributed by atoms with Gasteiger partial charge in [0.25, 0.3) is 0 Å². The fraction of sp³-hybridized carbons (Fsp3) is 0.333. The van der Waals surface area contributed by atoms with Gasteiger partial charge in [0, 0.05) is 17.7 Å². The molecule has 2 aromatic carbocycles. The normalized spacial score (nSPS) is 10.9. The van der Waals surface area contributed by atoms with Gasteiger partial charge in [-0.1, -0.05) is 30.3 Å². The lowest BCUT2D eigenvalue weighted by Gasteiger charge is -2.09. The van der Waals surface area contributed by atoms with Gasteiger partial charge in [-0.3, -0.25) is 0 Å². The molecule has 0 aliphatic rings. The van der Waals surface area contributed by atoms with E-state index in [0.717, 1.165) is 47.2 Å². The SMILES string of the molecule is CCCCn1c(SCc2nc(-c3ccc(OC)c(OC)c3)no2)nnc1-c1ccc(OC)cc1. The number of ether oxygens (including phenoxy) is 3. The van der Waals surface area contributed by atoms with Crippen molar-refractivity contribution in [1.29, 1.82) is 0 Å². The lowest BCUT2D eigenvalue weighted by molar-refractivity contribution is 0.355. The van der Waals surface area contributed by atoms with Gasteiger partial charge in [-0.25, -0.2) is 0 Å². The number of unbranched alkanes of at least 4 members (excludes halogenated alkanes) is 1. The van der Waals surface area contributed by atoms with Crippen molar-refractivity contribution >= 4 is 11.8 Å². The summed E-state index contributed by atoms with van der Waals surface area (Å²) >= 11 is 1.52. The Morgan fingerprint density at radius 1 is 0.912 bits per heavy atom. The highest BCUT2D eigenvalue weighted by Crippen LogP contribution is 2.32. The molecule has 0 aliphatic carbocycles. The molecule has 4 rings (SSSR count). The first kappa shape index (κ1) is 23.6. The van der Waals surface area contributed by atoms with Gasteiger partial charge in [-0.15, -0.1) is 10.2 Å². The summed E-state index contributed by atoms with van der Waals surface area (Å²) in [5.74, 6) is 4.36. The molecule has 0 N–H and O–H groups in total. The second-order valence-electron chi connectivity index (χ2n) is 7.41. The Hall–Kier alpha value is -3.53. The van der Waals surface area contributed by atoms with Crippen molar-refractivity contribution in [3.63, 3.8) is 0 Å². The van der Waals surface area contributed by atoms with E-state index >= 15 is 0 Å². The third kappa shape index (κ3) is 5.17. The van der Waals surface area contributed by atoms with Crippen LogP contribution in [0, 0.1) is 0 Å². The smallest absolute Gasteiger partial charge is 0.237 e. The largest absolute Gasteiger partial charge is 0.497 e. The van der Waals surface area contributed by atoms with E-state index in [1.54, 1.807) is 21.3 Å². The van der Waals surface area contributed by atoms with Crippen molar-refractivity contribution < 1.29 is 18.7 Å². The van der Waals surface area contributed by atoms with Crippen LogP contribution < -0.4 is 14.2 Å². The van der Waals surface area contributed by atoms with Crippen molar-refractivity contribution in [2.45, 2.75) is 37.2 Å². The van der Waals surface area contributed by atoms with Gasteiger partial charge < -0.3 is 23.3 Å². The van der Waals surface area contributed by atoms with Gasteiger partial charge in [0.15, 0.2) is 22.5 Å². The van der Waals surface area contributed by atoms with Crippen LogP contribution in [0.1, 0.15) is 25.7 Å². The number of hydrogen-bond acceptors (Lipinski definition) is 9. The maximum Gasteiger partial charge on any atom is 0.237 e. The predicted octanol–water partition coefficient (Wildman–Crippen LogP) is 5.11. The summed E-state index contributed by atoms with van der Waals surface area (Å²) in [6.45, 7) is 2.99. The molecule has 0 saturated heterocycles. The van der Waals surface area contributed by atoms with Gasteiger partial charge in [-0.05, 0) is 48.9 Å². The van der Waals surface area contributed by atoms with Crippen LogP contribution >= 0.6 is 11.8 Å². The minimum atomic E-state index is 0.479. The summed E-state index contributed by atoms with van der Waals surface area (Å²) in [6.07, 6.45) is 2.10. The minimum absolute atomic E-state index is 0.479. The molecule has 0 bridgehead atoms. The molecule has 0 unspecified atom stereocenters. The number of hydrogen-bond donors (Lipinski definition) is 0. The predicted molar refractivity (Wildman–Crippen MR) is 129 cm³/mol. The molecule has 178 valence electrons. The number of rotatable bonds is 11. The number of nitrogens with zero attached hydrogens (tertiary/aromatic N) is 5. The summed E-state index contributed by atoms with van der Waals surface area (Å²) in [6, 6.07) is 13.3. The Morgan fingerprint density at radius 3 is 2.38 bits per heavy atom. The molecule has 0 atom stereocenters. The highest BCUT2D eigenvalue weighted by atomic mass is 32.2. The first-order valence-electron chi connectivity index (χ1n) is 10.9. The molecule has 4 aromatic rings. The van der Waals surface area contributed by atoms with Gasteiger partial charge in [0.1, 0.15) is 5.75 Å². The molecule has 10 heteroatoms. The lowest BCUT2D eigenvalue weighted by Crippen LogP contribution is -2.03. The van der Waals surface area contributed by atoms with Gasteiger partial charge >= 0.3 is 0 Å². The van der Waals surface area contributed by atoms with Gasteiger partial charge in [0.05, 0.1) is 27.1 Å². The first-order chi connectivity index (χ1) is 16.7. The fourth-order valence-corrected chi connectivity index (χ4v) is 4.20. The fourth-order valence-electron chi connectivity index (χ4n) is 3.40. The molecule has 0 fully saturated rings. The van der Waals surface area contributed by atoms with Crippen molar-refractivity contribution in [1.82, 2.24) is 24.9 Å². The van der Waals surface area contributed by atoms with E-state index < -0.39 is 0 Å². The van der Waals surface area contributed by atoms with E-state index in [2.05, 4.69) is 31.8 Å². The quantitative estimate of drug-likeness (QED) is 0.271. The van der Waals surface area contributed by atoms with Crippen molar-refractivity contribution in [2.75, 3.05) is 21.3 Å². The van der Waals surface area contributed by atoms with Gasteiger partial charge in [0.2, 0.25) is 11.7 Å². The second kappa shape index (κ2) is 11.1. The van der Waals surface area contributed by atoms with E-state index in [9.17, 15) is 0 Å². The van der Waals surface area contributed by atoms with Gasteiger partial charge in [-0.2, -0.15) is 4.98 Å². The Balaban J connectivity index is 1.51. The van der Waals surface area contributed by atoms with Crippen molar-refractivity contribution in [3.05, 3.63) is 48.4 Å². The van der Waals surface area contributed by atoms with E-state index in [0.29, 0.717) is 29.0 Å². The van der Waals surface area contributed by atoms with Crippen LogP contribution in [0.3, 0.4) is 0 Å². The molecular formula is C24H27N5O4S. The standard InChI is InChI=1S/C24H27N5O4S/c1-5-6-13-29-23(16-7-10-18(30-2)11-8-16)26-27-24(29)34-15-21-25-22(28-33-21)17-9-12-19(31-3)20(14-17)32-4/h7-12,14H,5-6,13,15H2,1-4H3. The summed E-state index contributed by atoms with van der Waals surface area (Å²) in [5, 5.41) is 13.8. The number of benzene rings is 2. The second-order valence-corrected chi connectivity index (χ2v) is 8.35. The van der Waals surface area contributed by atoms with E-state index in [1.807, 2.05) is 42.5 Å². The number of thioether (sulfide) groups is 1. The Kier molecular flexibility index (Phi) is 7.69. The molecule has 0 aliphatic heterocycles. The van der Waals surface area contributed by atoms with Crippen molar-refractivity contribution in [2.24, 2.45) is 0 Å². The van der Waals surface area contributed by atoms with Crippen LogP contribution in [0.2, 0.25) is 0 Å². The molecule has 2 aromatic heterocycles. The zero-order chi connectivity index (χ0) is 23.9. The molecule has 0 radical (unpaired) electrons. The van der Waals surface area contributed by atoms with Crippen LogP contribution in [-0.2, 0) is 12.3 Å². The third-order valence-corrected chi connectivity index (χ3v) is 6.19. The monoisotopic (exact) mass is 481 g/mol. The van der Waals surface area contributed by atoms with E-state index in [-0.39, 0.29) is 0 Å². The van der Waals surface area contributed by atoms with Crippen LogP contribution in [0.15, 0.2) is 52.1 Å². The molecule has 2 heterocycles. The Morgan fingerprint density at radius 2 is 1.68 bits per heavy atom. The maximum absolute atomic E-state index is 5.48. The minimum Gasteiger partial charge on any atom is -0.497 e. The average Bonchev–Trinajstić information content (AvgIpc) is 3.52. The van der Waals surface area contributed by atoms with E-state index in [4.69, 9.17) is 18.7 Å². The zero-order valence-corrected chi connectivity index (χ0v) is 20.5. The lowest BCUT2D eigenvalue weighted by atomic mass is 10.2. The molecule has 9 nitrogen and oxygen atoms in total. The highest BCUT2D eigenvalue weighted by molar-refractivity contribution is 7.98. The first-order valence-corrected chi connectivity index (χ1v) is 11.9. The van der Waals surface area contributed by atoms with Crippen LogP contribution in [-0.4, -0.2) is 46.2 Å². The Bertz CT molecular complexity index is 1220. The maximum atomic E-state index is 5.48.